The van der Waals surface area contributed by atoms with E-state index in [9.17, 15) is 9.59 Å². The Hall–Kier alpha value is -0.630. The van der Waals surface area contributed by atoms with Crippen LogP contribution in [0.3, 0.4) is 0 Å². The third-order valence-electron chi connectivity index (χ3n) is 0.918. The van der Waals surface area contributed by atoms with Gasteiger partial charge in [-0.05, 0) is 0 Å². The molecular formula is C5H6Cl2N2O2. The van der Waals surface area contributed by atoms with Gasteiger partial charge in [-0.3, -0.25) is 0 Å². The van der Waals surface area contributed by atoms with Crippen molar-refractivity contribution in [2.45, 2.75) is 6.92 Å². The molecule has 0 fully saturated rings. The molecule has 1 unspecified atom stereocenters. The smallest absolute Gasteiger partial charge is 0.418 e. The number of rotatable bonds is 1. The van der Waals surface area contributed by atoms with Gasteiger partial charge in [-0.25, -0.2) is 9.59 Å². The molecule has 62 valence electrons. The molecule has 0 aromatic rings. The molecule has 6 heteroatoms. The Morgan fingerprint density at radius 1 is 1.64 bits per heavy atom. The number of nitriles is 1. The Morgan fingerprint density at radius 3 is 2.18 bits per heavy atom. The van der Waals surface area contributed by atoms with E-state index in [0.29, 0.717) is 0 Å². The molecule has 0 aliphatic carbocycles. The van der Waals surface area contributed by atoms with Crippen LogP contribution in [0.2, 0.25) is 0 Å². The lowest BCUT2D eigenvalue weighted by Gasteiger charge is -2.01. The number of hydrogen-bond acceptors (Lipinski definition) is 3. The number of hydrogen-bond donors (Lipinski definition) is 1. The van der Waals surface area contributed by atoms with E-state index in [1.807, 2.05) is 0 Å². The second-order valence-electron chi connectivity index (χ2n) is 1.64. The lowest BCUT2D eigenvalue weighted by molar-refractivity contribution is -0.715. The van der Waals surface area contributed by atoms with E-state index in [1.165, 1.54) is 6.92 Å². The van der Waals surface area contributed by atoms with Gasteiger partial charge in [0.05, 0.1) is 6.92 Å². The molecule has 0 saturated heterocycles. The molecule has 0 aliphatic heterocycles. The number of carbonyl (C=O) groups is 2. The zero-order valence-corrected chi connectivity index (χ0v) is 7.24. The highest BCUT2D eigenvalue weighted by Crippen LogP contribution is 1.69. The number of amides is 2. The summed E-state index contributed by atoms with van der Waals surface area (Å²) in [6.45, 7) is 0.991. The van der Waals surface area contributed by atoms with Crippen molar-refractivity contribution in [3.63, 3.8) is 0 Å². The van der Waals surface area contributed by atoms with Crippen molar-refractivity contribution in [3.05, 3.63) is 0 Å². The van der Waals surface area contributed by atoms with Crippen molar-refractivity contribution in [1.29, 1.82) is 5.26 Å². The van der Waals surface area contributed by atoms with Crippen LogP contribution >= 0.6 is 11.6 Å². The maximum absolute atomic E-state index is 10.5. The van der Waals surface area contributed by atoms with Gasteiger partial charge in [-0.15, -0.1) is 0 Å². The maximum Gasteiger partial charge on any atom is 0.418 e. The summed E-state index contributed by atoms with van der Waals surface area (Å²) in [4.78, 5) is 20.7. The average Bonchev–Trinajstić information content (AvgIpc) is 1.81. The molecule has 1 atom stereocenters. The largest absolute Gasteiger partial charge is 1.00 e. The van der Waals surface area contributed by atoms with Crippen LogP contribution in [0.4, 0.5) is 4.79 Å². The molecular weight excluding hydrogens is 191 g/mol. The fraction of sp³-hybridized carbons (Fsp3) is 0.400. The summed E-state index contributed by atoms with van der Waals surface area (Å²) in [5.74, 6) is -0.443. The number of nitrogens with zero attached hydrogens (tertiary/aromatic N) is 1. The third-order valence-corrected chi connectivity index (χ3v) is 1.15. The molecule has 4 nitrogen and oxygen atoms in total. The summed E-state index contributed by atoms with van der Waals surface area (Å²) in [6, 6.07) is 1.67. The first-order valence-corrected chi connectivity index (χ1v) is 2.91. The highest BCUT2D eigenvalue weighted by Gasteiger charge is 2.21. The molecule has 0 aromatic carbocycles. The Balaban J connectivity index is 0. The van der Waals surface area contributed by atoms with E-state index in [-0.39, 0.29) is 23.9 Å². The zero-order chi connectivity index (χ0) is 8.15. The van der Waals surface area contributed by atoms with Crippen LogP contribution in [-0.4, -0.2) is 17.8 Å². The van der Waals surface area contributed by atoms with Crippen LogP contribution in [0.25, 0.3) is 0 Å². The lowest BCUT2D eigenvalue weighted by Crippen LogP contribution is -3.15. The average molecular weight is 197 g/mol. The van der Waals surface area contributed by atoms with E-state index in [0.717, 1.165) is 0 Å². The normalized spacial score (nSPS) is 10.6. The third kappa shape index (κ3) is 4.73. The minimum absolute atomic E-state index is 0. The van der Waals surface area contributed by atoms with Crippen molar-refractivity contribution >= 4 is 22.9 Å². The molecule has 2 amide bonds. The number of imide groups is 1. The molecule has 1 N–H and O–H groups in total. The van der Waals surface area contributed by atoms with Crippen LogP contribution in [0.15, 0.2) is 0 Å². The van der Waals surface area contributed by atoms with Crippen molar-refractivity contribution in [2.24, 2.45) is 0 Å². The van der Waals surface area contributed by atoms with Crippen LogP contribution in [0, 0.1) is 11.3 Å². The molecule has 0 bridgehead atoms. The second-order valence-corrected chi connectivity index (χ2v) is 1.99. The lowest BCUT2D eigenvalue weighted by atomic mass is 10.5. The molecule has 0 rings (SSSR count). The summed E-state index contributed by atoms with van der Waals surface area (Å²) in [6.07, 6.45) is 0. The van der Waals surface area contributed by atoms with E-state index in [2.05, 4.69) is 0 Å². The highest BCUT2D eigenvalue weighted by molar-refractivity contribution is 6.60. The second kappa shape index (κ2) is 6.10. The van der Waals surface area contributed by atoms with Crippen LogP contribution in [0.5, 0.6) is 0 Å². The van der Waals surface area contributed by atoms with Gasteiger partial charge in [-0.1, -0.05) is 0 Å². The van der Waals surface area contributed by atoms with Gasteiger partial charge < -0.3 is 12.4 Å². The molecule has 0 radical (unpaired) electrons. The summed E-state index contributed by atoms with van der Waals surface area (Å²) >= 11 is 4.97. The summed E-state index contributed by atoms with van der Waals surface area (Å²) in [7, 11) is 0. The number of quaternary nitrogens is 1. The Morgan fingerprint density at radius 2 is 2.09 bits per heavy atom. The van der Waals surface area contributed by atoms with Gasteiger partial charge in [0.2, 0.25) is 0 Å². The Labute approximate surface area is 75.1 Å². The molecule has 0 heterocycles. The summed E-state index contributed by atoms with van der Waals surface area (Å²) < 4.78 is 0. The standard InChI is InChI=1S/C5H5ClN2O2.ClH/c1-4(9)8(3-2-7)5(6)10;/h3H2,1H3;1H. The van der Waals surface area contributed by atoms with Gasteiger partial charge in [0.25, 0.3) is 0 Å². The van der Waals surface area contributed by atoms with E-state index in [1.54, 1.807) is 6.07 Å². The topological polar surface area (TPSA) is 62.4 Å². The van der Waals surface area contributed by atoms with Crippen LogP contribution in [-0.2, 0) is 4.79 Å². The number of carbonyl (C=O) groups excluding carboxylic acids is 2. The van der Waals surface area contributed by atoms with Crippen LogP contribution in [0.1, 0.15) is 6.92 Å². The highest BCUT2D eigenvalue weighted by atomic mass is 35.5. The molecule has 0 saturated carbocycles. The van der Waals surface area contributed by atoms with E-state index < -0.39 is 11.3 Å². The van der Waals surface area contributed by atoms with E-state index in [4.69, 9.17) is 16.9 Å². The zero-order valence-electron chi connectivity index (χ0n) is 5.73. The SMILES string of the molecule is CC(=O)[NH+](CC#N)C(=O)Cl.[Cl-]. The monoisotopic (exact) mass is 196 g/mol. The first-order valence-electron chi connectivity index (χ1n) is 2.53. The van der Waals surface area contributed by atoms with E-state index >= 15 is 0 Å². The molecule has 0 spiro atoms. The molecule has 0 aliphatic rings. The maximum atomic E-state index is 10.5. The Bertz CT molecular complexity index is 185. The first-order chi connectivity index (χ1) is 4.59. The summed E-state index contributed by atoms with van der Waals surface area (Å²) in [5, 5.41) is 7.26. The predicted molar refractivity (Wildman–Crippen MR) is 33.4 cm³/mol. The minimum Gasteiger partial charge on any atom is -1.00 e. The number of nitrogens with one attached hydrogen (secondary N) is 1. The first kappa shape index (κ1) is 13.0. The fourth-order valence-electron chi connectivity index (χ4n) is 0.411. The Kier molecular flexibility index (Phi) is 7.21. The predicted octanol–water partition coefficient (Wildman–Crippen LogP) is -3.70. The van der Waals surface area contributed by atoms with Crippen LogP contribution < -0.4 is 17.3 Å². The number of halogens is 2. The summed E-state index contributed by atoms with van der Waals surface area (Å²) in [5.41, 5.74) is 0. The van der Waals surface area contributed by atoms with Gasteiger partial charge in [0, 0.05) is 11.6 Å². The quantitative estimate of drug-likeness (QED) is 0.267. The van der Waals surface area contributed by atoms with Crippen molar-refractivity contribution in [3.8, 4) is 6.07 Å². The molecule has 0 aromatic heterocycles. The fourth-order valence-corrected chi connectivity index (χ4v) is 0.611. The minimum atomic E-state index is -0.839. The van der Waals surface area contributed by atoms with Gasteiger partial charge >= 0.3 is 11.3 Å². The van der Waals surface area contributed by atoms with Crippen molar-refractivity contribution < 1.29 is 26.9 Å². The van der Waals surface area contributed by atoms with Crippen molar-refractivity contribution in [2.75, 3.05) is 6.54 Å². The van der Waals surface area contributed by atoms with Gasteiger partial charge in [0.1, 0.15) is 6.07 Å². The van der Waals surface area contributed by atoms with Gasteiger partial charge in [-0.2, -0.15) is 10.2 Å². The molecule has 11 heavy (non-hydrogen) atoms. The van der Waals surface area contributed by atoms with Gasteiger partial charge in [0.15, 0.2) is 6.54 Å². The van der Waals surface area contributed by atoms with Crippen molar-refractivity contribution in [1.82, 2.24) is 0 Å².